The first-order valence-electron chi connectivity index (χ1n) is 9.38. The summed E-state index contributed by atoms with van der Waals surface area (Å²) in [7, 11) is 0. The van der Waals surface area contributed by atoms with Gasteiger partial charge in [0.1, 0.15) is 12.1 Å². The van der Waals surface area contributed by atoms with Gasteiger partial charge in [0.15, 0.2) is 0 Å². The molecule has 3 rings (SSSR count). The van der Waals surface area contributed by atoms with E-state index in [-0.39, 0.29) is 12.0 Å². The maximum Gasteiger partial charge on any atom is 0.222 e. The fourth-order valence-electron chi connectivity index (χ4n) is 3.25. The van der Waals surface area contributed by atoms with Crippen molar-refractivity contribution in [3.8, 4) is 0 Å². The van der Waals surface area contributed by atoms with Gasteiger partial charge in [0.2, 0.25) is 5.91 Å². The summed E-state index contributed by atoms with van der Waals surface area (Å²) >= 11 is 0. The van der Waals surface area contributed by atoms with Crippen LogP contribution in [0, 0.1) is 0 Å². The molecular weight excluding hydrogens is 334 g/mol. The van der Waals surface area contributed by atoms with Gasteiger partial charge in [0.25, 0.3) is 0 Å². The normalized spacial score (nSPS) is 21.8. The van der Waals surface area contributed by atoms with Gasteiger partial charge < -0.3 is 19.7 Å². The van der Waals surface area contributed by atoms with Crippen LogP contribution >= 0.6 is 0 Å². The van der Waals surface area contributed by atoms with E-state index >= 15 is 0 Å². The Hall–Kier alpha value is -1.77. The molecular formula is C18H29N5O3. The standard InChI is InChI=1S/C18H29N5O3/c1-14(2)23-5-8-26-16(12-23)10-18(24)19-11-15-9-17(21-13-20-15)22-3-6-25-7-4-22/h9,13-14,16H,3-8,10-12H2,1-2H3,(H,19,24)/t16-/m0/s1. The number of nitrogens with one attached hydrogen (secondary N) is 1. The Labute approximate surface area is 154 Å². The zero-order valence-electron chi connectivity index (χ0n) is 15.7. The van der Waals surface area contributed by atoms with Crippen molar-refractivity contribution in [1.82, 2.24) is 20.2 Å². The lowest BCUT2D eigenvalue weighted by molar-refractivity contribution is -0.126. The zero-order chi connectivity index (χ0) is 18.4. The van der Waals surface area contributed by atoms with E-state index < -0.39 is 0 Å². The maximum absolute atomic E-state index is 12.3. The summed E-state index contributed by atoms with van der Waals surface area (Å²) in [6.07, 6.45) is 1.89. The highest BCUT2D eigenvalue weighted by Crippen LogP contribution is 2.14. The number of nitrogens with zero attached hydrogens (tertiary/aromatic N) is 4. The molecule has 0 unspecified atom stereocenters. The molecule has 3 heterocycles. The molecule has 2 aliphatic heterocycles. The number of ether oxygens (including phenoxy) is 2. The second-order valence-corrected chi connectivity index (χ2v) is 7.03. The Balaban J connectivity index is 1.47. The fraction of sp³-hybridized carbons (Fsp3) is 0.722. The first-order valence-corrected chi connectivity index (χ1v) is 9.38. The van der Waals surface area contributed by atoms with Crippen LogP contribution in [0.1, 0.15) is 26.0 Å². The number of morpholine rings is 2. The highest BCUT2D eigenvalue weighted by molar-refractivity contribution is 5.76. The zero-order valence-corrected chi connectivity index (χ0v) is 15.7. The Morgan fingerprint density at radius 2 is 2.08 bits per heavy atom. The van der Waals surface area contributed by atoms with Crippen LogP contribution in [-0.4, -0.2) is 78.9 Å². The van der Waals surface area contributed by atoms with Gasteiger partial charge in [0, 0.05) is 38.3 Å². The molecule has 1 atom stereocenters. The number of anilines is 1. The van der Waals surface area contributed by atoms with E-state index in [1.54, 1.807) is 6.33 Å². The molecule has 0 bridgehead atoms. The third kappa shape index (κ3) is 5.36. The molecule has 0 spiro atoms. The smallest absolute Gasteiger partial charge is 0.222 e. The monoisotopic (exact) mass is 363 g/mol. The van der Waals surface area contributed by atoms with Crippen LogP contribution in [0.15, 0.2) is 12.4 Å². The molecule has 0 saturated carbocycles. The number of rotatable bonds is 6. The highest BCUT2D eigenvalue weighted by Gasteiger charge is 2.24. The van der Waals surface area contributed by atoms with Crippen LogP contribution in [0.25, 0.3) is 0 Å². The molecule has 2 saturated heterocycles. The summed E-state index contributed by atoms with van der Waals surface area (Å²) in [5.41, 5.74) is 0.809. The minimum Gasteiger partial charge on any atom is -0.378 e. The molecule has 8 nitrogen and oxygen atoms in total. The molecule has 1 amide bonds. The molecule has 2 fully saturated rings. The number of amides is 1. The van der Waals surface area contributed by atoms with Crippen molar-refractivity contribution >= 4 is 11.7 Å². The molecule has 1 aromatic rings. The molecule has 0 aliphatic carbocycles. The summed E-state index contributed by atoms with van der Waals surface area (Å²) < 4.78 is 11.1. The van der Waals surface area contributed by atoms with Crippen LogP contribution in [0.4, 0.5) is 5.82 Å². The Morgan fingerprint density at radius 1 is 1.27 bits per heavy atom. The van der Waals surface area contributed by atoms with Crippen LogP contribution in [0.2, 0.25) is 0 Å². The van der Waals surface area contributed by atoms with Gasteiger partial charge in [-0.05, 0) is 13.8 Å². The molecule has 144 valence electrons. The van der Waals surface area contributed by atoms with Crippen molar-refractivity contribution in [3.05, 3.63) is 18.1 Å². The van der Waals surface area contributed by atoms with Gasteiger partial charge in [-0.15, -0.1) is 0 Å². The van der Waals surface area contributed by atoms with E-state index in [1.165, 1.54) is 0 Å². The SMILES string of the molecule is CC(C)N1CCO[C@@H](CC(=O)NCc2cc(N3CCOCC3)ncn2)C1. The number of carbonyl (C=O) groups is 1. The van der Waals surface area contributed by atoms with Crippen molar-refractivity contribution < 1.29 is 14.3 Å². The summed E-state index contributed by atoms with van der Waals surface area (Å²) in [5.74, 6) is 0.878. The number of hydrogen-bond acceptors (Lipinski definition) is 7. The Bertz CT molecular complexity index is 592. The Morgan fingerprint density at radius 3 is 2.85 bits per heavy atom. The predicted octanol–water partition coefficient (Wildman–Crippen LogP) is 0.429. The lowest BCUT2D eigenvalue weighted by atomic mass is 10.1. The quantitative estimate of drug-likeness (QED) is 0.785. The second-order valence-electron chi connectivity index (χ2n) is 7.03. The predicted molar refractivity (Wildman–Crippen MR) is 98.0 cm³/mol. The lowest BCUT2D eigenvalue weighted by Crippen LogP contribution is -2.47. The number of aromatic nitrogens is 2. The van der Waals surface area contributed by atoms with E-state index in [0.29, 0.717) is 38.8 Å². The molecule has 0 aromatic carbocycles. The van der Waals surface area contributed by atoms with Crippen LogP contribution in [0.5, 0.6) is 0 Å². The van der Waals surface area contributed by atoms with E-state index in [0.717, 1.165) is 37.7 Å². The minimum atomic E-state index is -0.0412. The maximum atomic E-state index is 12.3. The van der Waals surface area contributed by atoms with Gasteiger partial charge in [-0.25, -0.2) is 9.97 Å². The molecule has 26 heavy (non-hydrogen) atoms. The van der Waals surface area contributed by atoms with E-state index in [1.807, 2.05) is 6.07 Å². The average molecular weight is 363 g/mol. The van der Waals surface area contributed by atoms with Gasteiger partial charge in [-0.3, -0.25) is 9.69 Å². The van der Waals surface area contributed by atoms with Crippen molar-refractivity contribution in [2.45, 2.75) is 39.0 Å². The topological polar surface area (TPSA) is 79.8 Å². The summed E-state index contributed by atoms with van der Waals surface area (Å²) in [4.78, 5) is 25.4. The first-order chi connectivity index (χ1) is 12.6. The van der Waals surface area contributed by atoms with Gasteiger partial charge in [-0.2, -0.15) is 0 Å². The first kappa shape index (κ1) is 19.0. The Kier molecular flexibility index (Phi) is 6.76. The van der Waals surface area contributed by atoms with Crippen LogP contribution in [0.3, 0.4) is 0 Å². The van der Waals surface area contributed by atoms with Gasteiger partial charge >= 0.3 is 0 Å². The summed E-state index contributed by atoms with van der Waals surface area (Å²) in [6.45, 7) is 10.2. The number of hydrogen-bond donors (Lipinski definition) is 1. The second kappa shape index (κ2) is 9.25. The number of carbonyl (C=O) groups excluding carboxylic acids is 1. The van der Waals surface area contributed by atoms with Crippen LogP contribution in [-0.2, 0) is 20.8 Å². The fourth-order valence-corrected chi connectivity index (χ4v) is 3.25. The van der Waals surface area contributed by atoms with Gasteiger partial charge in [-0.1, -0.05) is 0 Å². The summed E-state index contributed by atoms with van der Waals surface area (Å²) in [6, 6.07) is 2.41. The van der Waals surface area contributed by atoms with Crippen LogP contribution < -0.4 is 10.2 Å². The van der Waals surface area contributed by atoms with Crippen molar-refractivity contribution in [3.63, 3.8) is 0 Å². The third-order valence-corrected chi connectivity index (χ3v) is 4.82. The molecule has 1 N–H and O–H groups in total. The molecule has 2 aliphatic rings. The summed E-state index contributed by atoms with van der Waals surface area (Å²) in [5, 5.41) is 2.95. The van der Waals surface area contributed by atoms with E-state index in [4.69, 9.17) is 9.47 Å². The molecule has 8 heteroatoms. The van der Waals surface area contributed by atoms with E-state index in [2.05, 4.69) is 38.9 Å². The largest absolute Gasteiger partial charge is 0.378 e. The van der Waals surface area contributed by atoms with Gasteiger partial charge in [0.05, 0.1) is 44.6 Å². The third-order valence-electron chi connectivity index (χ3n) is 4.82. The molecule has 0 radical (unpaired) electrons. The average Bonchev–Trinajstić information content (AvgIpc) is 2.67. The van der Waals surface area contributed by atoms with Crippen molar-refractivity contribution in [2.24, 2.45) is 0 Å². The minimum absolute atomic E-state index is 0.00728. The van der Waals surface area contributed by atoms with E-state index in [9.17, 15) is 4.79 Å². The van der Waals surface area contributed by atoms with Crippen molar-refractivity contribution in [2.75, 3.05) is 50.9 Å². The highest BCUT2D eigenvalue weighted by atomic mass is 16.5. The molecule has 1 aromatic heterocycles. The lowest BCUT2D eigenvalue weighted by Gasteiger charge is -2.35. The van der Waals surface area contributed by atoms with Crippen molar-refractivity contribution in [1.29, 1.82) is 0 Å².